The number of hydrogen-bond donors (Lipinski definition) is 2. The predicted octanol–water partition coefficient (Wildman–Crippen LogP) is 9.73. The summed E-state index contributed by atoms with van der Waals surface area (Å²) in [5.41, 5.74) is 7.12. The number of halogens is 3. The van der Waals surface area contributed by atoms with E-state index < -0.39 is 18.0 Å². The fraction of sp³-hybridized carbons (Fsp3) is 0.325. The highest BCUT2D eigenvalue weighted by atomic mass is 19.4. The molecule has 0 bridgehead atoms. The maximum Gasteiger partial charge on any atom is 0.416 e. The number of nitrogens with one attached hydrogen (secondary N) is 1. The van der Waals surface area contributed by atoms with E-state index in [2.05, 4.69) is 53.8 Å². The second kappa shape index (κ2) is 14.5. The Morgan fingerprint density at radius 3 is 2.04 bits per heavy atom. The van der Waals surface area contributed by atoms with E-state index >= 15 is 0 Å². The molecule has 256 valence electrons. The van der Waals surface area contributed by atoms with Crippen LogP contribution in [-0.4, -0.2) is 29.2 Å². The number of aryl methyl sites for hydroxylation is 1. The fourth-order valence-electron chi connectivity index (χ4n) is 6.24. The average Bonchev–Trinajstić information content (AvgIpc) is 3.79. The lowest BCUT2D eigenvalue weighted by molar-refractivity contribution is -0.137. The zero-order valence-corrected chi connectivity index (χ0v) is 27.9. The summed E-state index contributed by atoms with van der Waals surface area (Å²) in [6.07, 6.45) is -1.59. The van der Waals surface area contributed by atoms with Crippen molar-refractivity contribution in [3.63, 3.8) is 0 Å². The van der Waals surface area contributed by atoms with E-state index in [1.165, 1.54) is 17.7 Å². The molecule has 0 amide bonds. The van der Waals surface area contributed by atoms with Gasteiger partial charge in [-0.25, -0.2) is 0 Å². The third-order valence-corrected chi connectivity index (χ3v) is 9.16. The van der Waals surface area contributed by atoms with Gasteiger partial charge in [-0.3, -0.25) is 0 Å². The lowest BCUT2D eigenvalue weighted by Crippen LogP contribution is -2.20. The second-order valence-corrected chi connectivity index (χ2v) is 12.9. The summed E-state index contributed by atoms with van der Waals surface area (Å²) in [7, 11) is 0. The first-order chi connectivity index (χ1) is 23.5. The molecule has 0 radical (unpaired) electrons. The van der Waals surface area contributed by atoms with Crippen LogP contribution in [0.1, 0.15) is 61.1 Å². The molecule has 4 aromatic carbocycles. The molecule has 1 heterocycles. The van der Waals surface area contributed by atoms with E-state index in [0.29, 0.717) is 30.1 Å². The van der Waals surface area contributed by atoms with Crippen LogP contribution in [0.15, 0.2) is 102 Å². The number of rotatable bonds is 14. The molecule has 6 rings (SSSR count). The largest absolute Gasteiger partial charge is 0.489 e. The van der Waals surface area contributed by atoms with E-state index in [4.69, 9.17) is 14.0 Å². The first-order valence-corrected chi connectivity index (χ1v) is 16.6. The van der Waals surface area contributed by atoms with Crippen LogP contribution in [0.4, 0.5) is 18.9 Å². The second-order valence-electron chi connectivity index (χ2n) is 12.9. The number of benzene rings is 4. The number of hydrogen-bond acceptors (Lipinski definition) is 6. The van der Waals surface area contributed by atoms with Gasteiger partial charge in [-0.05, 0) is 92.1 Å². The van der Waals surface area contributed by atoms with E-state index in [-0.39, 0.29) is 18.1 Å². The van der Waals surface area contributed by atoms with Gasteiger partial charge in [0.2, 0.25) is 0 Å². The third kappa shape index (κ3) is 8.35. The zero-order chi connectivity index (χ0) is 34.6. The van der Waals surface area contributed by atoms with Gasteiger partial charge in [0.05, 0.1) is 5.56 Å². The molecule has 2 atom stereocenters. The molecule has 2 N–H and O–H groups in total. The van der Waals surface area contributed by atoms with Crippen molar-refractivity contribution in [1.82, 2.24) is 5.16 Å². The van der Waals surface area contributed by atoms with Crippen molar-refractivity contribution in [2.75, 3.05) is 11.9 Å². The Morgan fingerprint density at radius 1 is 0.857 bits per heavy atom. The van der Waals surface area contributed by atoms with Crippen molar-refractivity contribution in [1.29, 1.82) is 0 Å². The first-order valence-electron chi connectivity index (χ1n) is 16.6. The standard InChI is InChI=1S/C40H41F3N2O4/c1-4-47-36(46)24-39(21-22-39)33-17-13-31(14-18-33)30-9-11-32(12-10-30)38-37(27(3)45-49-38)44-26(2)23-28-7-19-35(20-8-28)48-25-29-5-15-34(16-6-29)40(41,42)43/h5-20,26,36,44,46H,4,21-25H2,1-3H3. The minimum atomic E-state index is -4.35. The molecule has 0 saturated heterocycles. The maximum absolute atomic E-state index is 12.8. The lowest BCUT2D eigenvalue weighted by atomic mass is 9.90. The SMILES string of the molecule is CCOC(O)CC1(c2ccc(-c3ccc(-c4onc(C)c4NC(C)Cc4ccc(OCc5ccc(C(F)(F)F)cc5)cc4)cc3)cc2)CC1. The van der Waals surface area contributed by atoms with Gasteiger partial charge in [0, 0.05) is 30.0 Å². The Kier molecular flexibility index (Phi) is 10.1. The lowest BCUT2D eigenvalue weighted by Gasteiger charge is -2.20. The molecule has 49 heavy (non-hydrogen) atoms. The molecule has 0 aliphatic heterocycles. The highest BCUT2D eigenvalue weighted by Gasteiger charge is 2.45. The van der Waals surface area contributed by atoms with Gasteiger partial charge in [0.25, 0.3) is 0 Å². The van der Waals surface area contributed by atoms with Gasteiger partial charge in [-0.15, -0.1) is 0 Å². The monoisotopic (exact) mass is 670 g/mol. The highest BCUT2D eigenvalue weighted by Crippen LogP contribution is 2.52. The normalized spacial score (nSPS) is 15.1. The summed E-state index contributed by atoms with van der Waals surface area (Å²) < 4.78 is 55.4. The van der Waals surface area contributed by atoms with Gasteiger partial charge in [-0.1, -0.05) is 78.0 Å². The number of ether oxygens (including phenoxy) is 2. The fourth-order valence-corrected chi connectivity index (χ4v) is 6.24. The summed E-state index contributed by atoms with van der Waals surface area (Å²) in [5.74, 6) is 1.33. The first kappa shape index (κ1) is 34.3. The molecule has 9 heteroatoms. The third-order valence-electron chi connectivity index (χ3n) is 9.16. The Balaban J connectivity index is 1.04. The van der Waals surface area contributed by atoms with Gasteiger partial charge in [0.1, 0.15) is 23.7 Å². The summed E-state index contributed by atoms with van der Waals surface area (Å²) in [6, 6.07) is 29.7. The number of aliphatic hydroxyl groups excluding tert-OH is 1. The molecule has 1 aliphatic carbocycles. The summed E-state index contributed by atoms with van der Waals surface area (Å²) in [4.78, 5) is 0. The topological polar surface area (TPSA) is 76.8 Å². The van der Waals surface area contributed by atoms with E-state index in [9.17, 15) is 18.3 Å². The molecule has 1 aliphatic rings. The summed E-state index contributed by atoms with van der Waals surface area (Å²) in [5, 5.41) is 18.0. The molecule has 5 aromatic rings. The number of alkyl halides is 3. The van der Waals surface area contributed by atoms with Crippen LogP contribution in [0, 0.1) is 6.92 Å². The van der Waals surface area contributed by atoms with Crippen molar-refractivity contribution in [3.8, 4) is 28.2 Å². The van der Waals surface area contributed by atoms with Crippen LogP contribution in [-0.2, 0) is 29.4 Å². The van der Waals surface area contributed by atoms with Gasteiger partial charge in [0.15, 0.2) is 12.1 Å². The Labute approximate surface area is 284 Å². The van der Waals surface area contributed by atoms with Crippen molar-refractivity contribution in [2.45, 2.75) is 77.0 Å². The van der Waals surface area contributed by atoms with Crippen LogP contribution in [0.5, 0.6) is 5.75 Å². The van der Waals surface area contributed by atoms with E-state index in [1.807, 2.05) is 50.2 Å². The quantitative estimate of drug-likeness (QED) is 0.115. The van der Waals surface area contributed by atoms with Gasteiger partial charge in [-0.2, -0.15) is 13.2 Å². The van der Waals surface area contributed by atoms with Crippen molar-refractivity contribution >= 4 is 5.69 Å². The van der Waals surface area contributed by atoms with Crippen LogP contribution < -0.4 is 10.1 Å². The minimum absolute atomic E-state index is 0.0143. The van der Waals surface area contributed by atoms with Gasteiger partial charge < -0.3 is 24.4 Å². The Morgan fingerprint density at radius 2 is 1.45 bits per heavy atom. The van der Waals surface area contributed by atoms with Crippen LogP contribution >= 0.6 is 0 Å². The molecule has 1 saturated carbocycles. The van der Waals surface area contributed by atoms with E-state index in [0.717, 1.165) is 65.0 Å². The highest BCUT2D eigenvalue weighted by molar-refractivity contribution is 5.77. The molecular weight excluding hydrogens is 629 g/mol. The molecule has 2 unspecified atom stereocenters. The molecule has 6 nitrogen and oxygen atoms in total. The molecule has 1 aromatic heterocycles. The summed E-state index contributed by atoms with van der Waals surface area (Å²) >= 11 is 0. The van der Waals surface area contributed by atoms with Crippen molar-refractivity contribution < 1.29 is 32.3 Å². The van der Waals surface area contributed by atoms with Gasteiger partial charge >= 0.3 is 6.18 Å². The van der Waals surface area contributed by atoms with E-state index in [1.54, 1.807) is 0 Å². The van der Waals surface area contributed by atoms with Crippen molar-refractivity contribution in [2.24, 2.45) is 0 Å². The molecule has 1 fully saturated rings. The minimum Gasteiger partial charge on any atom is -0.489 e. The van der Waals surface area contributed by atoms with Crippen molar-refractivity contribution in [3.05, 3.63) is 125 Å². The van der Waals surface area contributed by atoms with Crippen LogP contribution in [0.3, 0.4) is 0 Å². The number of aliphatic hydroxyl groups is 1. The number of nitrogens with zero attached hydrogens (tertiary/aromatic N) is 1. The molecular formula is C40H41F3N2O4. The maximum atomic E-state index is 12.8. The Bertz CT molecular complexity index is 1810. The average molecular weight is 671 g/mol. The summed E-state index contributed by atoms with van der Waals surface area (Å²) in [6.45, 7) is 6.60. The Hall–Kier alpha value is -4.60. The molecule has 0 spiro atoms. The smallest absolute Gasteiger partial charge is 0.416 e. The van der Waals surface area contributed by atoms with Crippen LogP contribution in [0.25, 0.3) is 22.5 Å². The van der Waals surface area contributed by atoms with Crippen LogP contribution in [0.2, 0.25) is 0 Å². The number of anilines is 1. The predicted molar refractivity (Wildman–Crippen MR) is 184 cm³/mol. The number of aromatic nitrogens is 1. The zero-order valence-electron chi connectivity index (χ0n) is 27.9.